The van der Waals surface area contributed by atoms with Crippen LogP contribution >= 0.6 is 12.4 Å². The number of carbonyl (C=O) groups is 2. The third-order valence-corrected chi connectivity index (χ3v) is 3.40. The molecule has 0 heterocycles. The molecular formula is C16H26ClN3O4. The van der Waals surface area contributed by atoms with Crippen LogP contribution in [-0.2, 0) is 16.1 Å². The second kappa shape index (κ2) is 10.7. The van der Waals surface area contributed by atoms with Gasteiger partial charge in [-0.05, 0) is 12.0 Å². The minimum Gasteiger partial charge on any atom is -0.493 e. The molecule has 0 saturated carbocycles. The fourth-order valence-corrected chi connectivity index (χ4v) is 1.94. The molecule has 1 rings (SSSR count). The van der Waals surface area contributed by atoms with Crippen LogP contribution in [-0.4, -0.2) is 38.6 Å². The zero-order valence-electron chi connectivity index (χ0n) is 14.4. The van der Waals surface area contributed by atoms with Crippen molar-refractivity contribution in [2.24, 2.45) is 11.7 Å². The maximum atomic E-state index is 11.8. The molecule has 0 aliphatic carbocycles. The summed E-state index contributed by atoms with van der Waals surface area (Å²) in [5.41, 5.74) is 6.49. The number of hydrogen-bond donors (Lipinski definition) is 3. The number of nitrogens with one attached hydrogen (secondary N) is 2. The first kappa shape index (κ1) is 22.0. The Bertz CT molecular complexity index is 552. The maximum absolute atomic E-state index is 11.8. The molecule has 7 nitrogen and oxygen atoms in total. The standard InChI is InChI=1S/C16H25N3O4.ClH/c1-10(2)14(17)16(21)19-9-13(20)18-8-11-6-5-7-12(22-3)15(11)23-4;/h5-7,10,14H,8-9,17H2,1-4H3,(H,18,20)(H,19,21);1H/t14-;/m0./s1. The van der Waals surface area contributed by atoms with Gasteiger partial charge in [-0.25, -0.2) is 0 Å². The lowest BCUT2D eigenvalue weighted by Crippen LogP contribution is -2.47. The number of nitrogens with two attached hydrogens (primary N) is 1. The number of halogens is 1. The Labute approximate surface area is 148 Å². The monoisotopic (exact) mass is 359 g/mol. The molecule has 0 aromatic heterocycles. The van der Waals surface area contributed by atoms with Crippen LogP contribution < -0.4 is 25.8 Å². The van der Waals surface area contributed by atoms with E-state index in [1.165, 1.54) is 7.11 Å². The van der Waals surface area contributed by atoms with Gasteiger partial charge in [0, 0.05) is 12.1 Å². The first-order valence-corrected chi connectivity index (χ1v) is 7.40. The van der Waals surface area contributed by atoms with Gasteiger partial charge in [0.2, 0.25) is 11.8 Å². The van der Waals surface area contributed by atoms with Crippen molar-refractivity contribution in [3.05, 3.63) is 23.8 Å². The summed E-state index contributed by atoms with van der Waals surface area (Å²) in [4.78, 5) is 23.5. The van der Waals surface area contributed by atoms with Crippen LogP contribution in [0.2, 0.25) is 0 Å². The number of para-hydroxylation sites is 1. The summed E-state index contributed by atoms with van der Waals surface area (Å²) in [5, 5.41) is 5.24. The number of benzene rings is 1. The van der Waals surface area contributed by atoms with Crippen molar-refractivity contribution < 1.29 is 19.1 Å². The minimum absolute atomic E-state index is 0. The highest BCUT2D eigenvalue weighted by molar-refractivity contribution is 5.87. The SMILES string of the molecule is COc1cccc(CNC(=O)CNC(=O)[C@@H](N)C(C)C)c1OC.Cl. The first-order chi connectivity index (χ1) is 10.9. The normalized spacial score (nSPS) is 11.2. The van der Waals surface area contributed by atoms with Crippen molar-refractivity contribution in [1.29, 1.82) is 0 Å². The third kappa shape index (κ3) is 6.25. The van der Waals surface area contributed by atoms with Gasteiger partial charge in [-0.2, -0.15) is 0 Å². The van der Waals surface area contributed by atoms with Gasteiger partial charge in [0.15, 0.2) is 11.5 Å². The summed E-state index contributed by atoms with van der Waals surface area (Å²) in [6.07, 6.45) is 0. The summed E-state index contributed by atoms with van der Waals surface area (Å²) in [6.45, 7) is 3.84. The van der Waals surface area contributed by atoms with Gasteiger partial charge >= 0.3 is 0 Å². The van der Waals surface area contributed by atoms with E-state index in [1.54, 1.807) is 13.2 Å². The van der Waals surface area contributed by atoms with Crippen molar-refractivity contribution in [3.8, 4) is 11.5 Å². The van der Waals surface area contributed by atoms with E-state index in [9.17, 15) is 9.59 Å². The predicted octanol–water partition coefficient (Wildman–Crippen LogP) is 0.841. The first-order valence-electron chi connectivity index (χ1n) is 7.40. The van der Waals surface area contributed by atoms with Crippen LogP contribution in [0.5, 0.6) is 11.5 Å². The van der Waals surface area contributed by atoms with E-state index in [4.69, 9.17) is 15.2 Å². The summed E-state index contributed by atoms with van der Waals surface area (Å²) in [7, 11) is 3.09. The van der Waals surface area contributed by atoms with E-state index in [2.05, 4.69) is 10.6 Å². The highest BCUT2D eigenvalue weighted by atomic mass is 35.5. The summed E-state index contributed by atoms with van der Waals surface area (Å²) in [5.74, 6) is 0.532. The highest BCUT2D eigenvalue weighted by Gasteiger charge is 2.17. The van der Waals surface area contributed by atoms with Crippen molar-refractivity contribution in [1.82, 2.24) is 10.6 Å². The van der Waals surface area contributed by atoms with Crippen LogP contribution in [0.4, 0.5) is 0 Å². The van der Waals surface area contributed by atoms with Crippen molar-refractivity contribution in [2.45, 2.75) is 26.4 Å². The van der Waals surface area contributed by atoms with Gasteiger partial charge < -0.3 is 25.8 Å². The summed E-state index contributed by atoms with van der Waals surface area (Å²) < 4.78 is 10.5. The summed E-state index contributed by atoms with van der Waals surface area (Å²) in [6, 6.07) is 4.79. The van der Waals surface area contributed by atoms with Gasteiger partial charge in [0.25, 0.3) is 0 Å². The molecule has 0 spiro atoms. The lowest BCUT2D eigenvalue weighted by molar-refractivity contribution is -0.127. The van der Waals surface area contributed by atoms with E-state index in [0.717, 1.165) is 5.56 Å². The lowest BCUT2D eigenvalue weighted by Gasteiger charge is -2.16. The van der Waals surface area contributed by atoms with Gasteiger partial charge in [-0.15, -0.1) is 12.4 Å². The predicted molar refractivity (Wildman–Crippen MR) is 94.5 cm³/mol. The molecule has 1 atom stereocenters. The number of methoxy groups -OCH3 is 2. The molecule has 8 heteroatoms. The van der Waals surface area contributed by atoms with Crippen LogP contribution in [0.3, 0.4) is 0 Å². The average Bonchev–Trinajstić information content (AvgIpc) is 2.56. The molecule has 0 bridgehead atoms. The number of ether oxygens (including phenoxy) is 2. The van der Waals surface area contributed by atoms with Crippen LogP contribution in [0.1, 0.15) is 19.4 Å². The Morgan fingerprint density at radius 1 is 1.17 bits per heavy atom. The molecule has 0 aliphatic rings. The molecule has 1 aromatic rings. The van der Waals surface area contributed by atoms with E-state index in [1.807, 2.05) is 26.0 Å². The minimum atomic E-state index is -0.624. The smallest absolute Gasteiger partial charge is 0.239 e. The molecule has 0 fully saturated rings. The second-order valence-corrected chi connectivity index (χ2v) is 5.42. The molecule has 0 radical (unpaired) electrons. The van der Waals surface area contributed by atoms with Crippen molar-refractivity contribution in [3.63, 3.8) is 0 Å². The van der Waals surface area contributed by atoms with Gasteiger partial charge in [-0.3, -0.25) is 9.59 Å². The van der Waals surface area contributed by atoms with Crippen molar-refractivity contribution >= 4 is 24.2 Å². The Morgan fingerprint density at radius 3 is 2.38 bits per heavy atom. The highest BCUT2D eigenvalue weighted by Crippen LogP contribution is 2.30. The van der Waals surface area contributed by atoms with Crippen LogP contribution in [0.15, 0.2) is 18.2 Å². The Morgan fingerprint density at radius 2 is 1.83 bits per heavy atom. The van der Waals surface area contributed by atoms with Crippen molar-refractivity contribution in [2.75, 3.05) is 20.8 Å². The Kier molecular flexibility index (Phi) is 9.83. The fraction of sp³-hybridized carbons (Fsp3) is 0.500. The zero-order chi connectivity index (χ0) is 17.4. The number of rotatable bonds is 8. The van der Waals surface area contributed by atoms with E-state index < -0.39 is 6.04 Å². The average molecular weight is 360 g/mol. The van der Waals surface area contributed by atoms with Gasteiger partial charge in [0.1, 0.15) is 0 Å². The van der Waals surface area contributed by atoms with Crippen LogP contribution in [0, 0.1) is 5.92 Å². The van der Waals surface area contributed by atoms with Crippen LogP contribution in [0.25, 0.3) is 0 Å². The molecule has 24 heavy (non-hydrogen) atoms. The summed E-state index contributed by atoms with van der Waals surface area (Å²) >= 11 is 0. The number of hydrogen-bond acceptors (Lipinski definition) is 5. The number of carbonyl (C=O) groups excluding carboxylic acids is 2. The van der Waals surface area contributed by atoms with E-state index >= 15 is 0 Å². The maximum Gasteiger partial charge on any atom is 0.239 e. The molecule has 0 aliphatic heterocycles. The largest absolute Gasteiger partial charge is 0.493 e. The second-order valence-electron chi connectivity index (χ2n) is 5.42. The zero-order valence-corrected chi connectivity index (χ0v) is 15.2. The molecule has 0 unspecified atom stereocenters. The molecule has 0 saturated heterocycles. The topological polar surface area (TPSA) is 103 Å². The lowest BCUT2D eigenvalue weighted by atomic mass is 10.1. The molecular weight excluding hydrogens is 334 g/mol. The van der Waals surface area contributed by atoms with Gasteiger partial charge in [-0.1, -0.05) is 26.0 Å². The fourth-order valence-electron chi connectivity index (χ4n) is 1.94. The molecule has 1 aromatic carbocycles. The van der Waals surface area contributed by atoms with E-state index in [0.29, 0.717) is 11.5 Å². The van der Waals surface area contributed by atoms with Gasteiger partial charge in [0.05, 0.1) is 26.8 Å². The molecule has 4 N–H and O–H groups in total. The molecule has 2 amide bonds. The quantitative estimate of drug-likeness (QED) is 0.638. The number of amides is 2. The third-order valence-electron chi connectivity index (χ3n) is 3.40. The Hall–Kier alpha value is -1.99. The Balaban J connectivity index is 0.00000529. The molecule has 136 valence electrons. The van der Waals surface area contributed by atoms with E-state index in [-0.39, 0.29) is 43.2 Å².